The van der Waals surface area contributed by atoms with Gasteiger partial charge in [-0.05, 0) is 24.3 Å². The zero-order valence-electron chi connectivity index (χ0n) is 12.0. The van der Waals surface area contributed by atoms with Gasteiger partial charge in [-0.15, -0.1) is 5.10 Å². The van der Waals surface area contributed by atoms with E-state index in [0.29, 0.717) is 23.1 Å². The number of hydrogen-bond donors (Lipinski definition) is 1. The Morgan fingerprint density at radius 2 is 2.04 bits per heavy atom. The highest BCUT2D eigenvalue weighted by Crippen LogP contribution is 2.23. The SMILES string of the molecule is O=C(O)CCc1nc2ccccc2c2nc(-c3ccco3)nn12. The zero-order valence-corrected chi connectivity index (χ0v) is 12.0. The molecule has 0 unspecified atom stereocenters. The molecule has 7 nitrogen and oxygen atoms in total. The molecule has 0 spiro atoms. The van der Waals surface area contributed by atoms with Crippen molar-refractivity contribution in [2.45, 2.75) is 12.8 Å². The molecule has 0 saturated carbocycles. The van der Waals surface area contributed by atoms with E-state index in [2.05, 4.69) is 15.1 Å². The van der Waals surface area contributed by atoms with Gasteiger partial charge in [0.15, 0.2) is 11.4 Å². The van der Waals surface area contributed by atoms with Crippen molar-refractivity contribution in [3.63, 3.8) is 0 Å². The second kappa shape index (κ2) is 5.20. The number of para-hydroxylation sites is 1. The minimum atomic E-state index is -0.875. The summed E-state index contributed by atoms with van der Waals surface area (Å²) in [6.07, 6.45) is 1.82. The molecule has 3 heterocycles. The van der Waals surface area contributed by atoms with Gasteiger partial charge in [0, 0.05) is 11.8 Å². The molecule has 0 aliphatic rings. The fraction of sp³-hybridized carbons (Fsp3) is 0.125. The van der Waals surface area contributed by atoms with Crippen LogP contribution >= 0.6 is 0 Å². The van der Waals surface area contributed by atoms with Crippen LogP contribution in [0.3, 0.4) is 0 Å². The second-order valence-electron chi connectivity index (χ2n) is 5.09. The van der Waals surface area contributed by atoms with Crippen molar-refractivity contribution >= 4 is 22.5 Å². The highest BCUT2D eigenvalue weighted by molar-refractivity contribution is 5.91. The van der Waals surface area contributed by atoms with Gasteiger partial charge in [-0.3, -0.25) is 4.79 Å². The number of carbonyl (C=O) groups is 1. The third-order valence-corrected chi connectivity index (χ3v) is 3.55. The summed E-state index contributed by atoms with van der Waals surface area (Å²) >= 11 is 0. The Hall–Kier alpha value is -3.22. The highest BCUT2D eigenvalue weighted by Gasteiger charge is 2.16. The van der Waals surface area contributed by atoms with Crippen LogP contribution in [-0.2, 0) is 11.2 Å². The van der Waals surface area contributed by atoms with Gasteiger partial charge in [-0.2, -0.15) is 4.52 Å². The number of benzene rings is 1. The summed E-state index contributed by atoms with van der Waals surface area (Å²) in [4.78, 5) is 20.0. The number of nitrogens with zero attached hydrogens (tertiary/aromatic N) is 4. The number of hydrogen-bond acceptors (Lipinski definition) is 5. The van der Waals surface area contributed by atoms with Crippen LogP contribution in [0.2, 0.25) is 0 Å². The monoisotopic (exact) mass is 308 g/mol. The van der Waals surface area contributed by atoms with E-state index in [-0.39, 0.29) is 12.8 Å². The molecule has 0 amide bonds. The number of aliphatic carboxylic acids is 1. The normalized spacial score (nSPS) is 11.3. The standard InChI is InChI=1S/C16H12N4O3/c21-14(22)8-7-13-17-11-5-2-1-4-10(11)16-18-15(19-20(13)16)12-6-3-9-23-12/h1-6,9H,7-8H2,(H,21,22). The molecule has 114 valence electrons. The highest BCUT2D eigenvalue weighted by atomic mass is 16.4. The summed E-state index contributed by atoms with van der Waals surface area (Å²) < 4.78 is 6.95. The van der Waals surface area contributed by atoms with Gasteiger partial charge in [0.05, 0.1) is 18.2 Å². The number of aromatic nitrogens is 4. The summed E-state index contributed by atoms with van der Waals surface area (Å²) in [5.74, 6) is 0.692. The van der Waals surface area contributed by atoms with Gasteiger partial charge in [0.1, 0.15) is 5.82 Å². The average molecular weight is 308 g/mol. The van der Waals surface area contributed by atoms with Crippen LogP contribution < -0.4 is 0 Å². The van der Waals surface area contributed by atoms with Crippen molar-refractivity contribution in [2.24, 2.45) is 0 Å². The molecule has 0 aliphatic carbocycles. The topological polar surface area (TPSA) is 93.5 Å². The molecular formula is C16H12N4O3. The summed E-state index contributed by atoms with van der Waals surface area (Å²) in [5.41, 5.74) is 1.40. The Morgan fingerprint density at radius 1 is 1.17 bits per heavy atom. The minimum Gasteiger partial charge on any atom is -0.481 e. The van der Waals surface area contributed by atoms with E-state index in [1.165, 1.54) is 0 Å². The Bertz CT molecular complexity index is 1000. The minimum absolute atomic E-state index is 0.0175. The van der Waals surface area contributed by atoms with Crippen molar-refractivity contribution in [1.82, 2.24) is 19.6 Å². The van der Waals surface area contributed by atoms with Gasteiger partial charge in [-0.1, -0.05) is 12.1 Å². The van der Waals surface area contributed by atoms with E-state index in [9.17, 15) is 4.79 Å². The lowest BCUT2D eigenvalue weighted by molar-refractivity contribution is -0.137. The molecule has 7 heteroatoms. The number of furan rings is 1. The maximum atomic E-state index is 10.9. The summed E-state index contributed by atoms with van der Waals surface area (Å²) in [7, 11) is 0. The molecule has 4 aromatic rings. The Balaban J connectivity index is 1.96. The maximum absolute atomic E-state index is 10.9. The average Bonchev–Trinajstić information content (AvgIpc) is 3.21. The van der Waals surface area contributed by atoms with Crippen LogP contribution in [0.4, 0.5) is 0 Å². The second-order valence-corrected chi connectivity index (χ2v) is 5.09. The molecule has 0 bridgehead atoms. The van der Waals surface area contributed by atoms with E-state index < -0.39 is 5.97 Å². The number of rotatable bonds is 4. The van der Waals surface area contributed by atoms with E-state index in [0.717, 1.165) is 10.9 Å². The fourth-order valence-electron chi connectivity index (χ4n) is 2.50. The molecule has 23 heavy (non-hydrogen) atoms. The van der Waals surface area contributed by atoms with Crippen molar-refractivity contribution in [1.29, 1.82) is 0 Å². The van der Waals surface area contributed by atoms with Crippen LogP contribution in [0.15, 0.2) is 47.1 Å². The lowest BCUT2D eigenvalue weighted by Gasteiger charge is -2.05. The van der Waals surface area contributed by atoms with E-state index in [1.54, 1.807) is 22.9 Å². The van der Waals surface area contributed by atoms with Crippen molar-refractivity contribution < 1.29 is 14.3 Å². The molecule has 0 fully saturated rings. The van der Waals surface area contributed by atoms with Crippen molar-refractivity contribution in [3.8, 4) is 11.6 Å². The predicted molar refractivity (Wildman–Crippen MR) is 81.9 cm³/mol. The van der Waals surface area contributed by atoms with Crippen LogP contribution in [0, 0.1) is 0 Å². The third-order valence-electron chi connectivity index (χ3n) is 3.55. The molecule has 1 aromatic carbocycles. The van der Waals surface area contributed by atoms with Crippen LogP contribution in [0.5, 0.6) is 0 Å². The predicted octanol–water partition coefficient (Wildman–Crippen LogP) is 2.55. The fourth-order valence-corrected chi connectivity index (χ4v) is 2.50. The molecule has 0 radical (unpaired) electrons. The van der Waals surface area contributed by atoms with E-state index >= 15 is 0 Å². The van der Waals surface area contributed by atoms with Crippen LogP contribution in [-0.4, -0.2) is 30.7 Å². The number of aryl methyl sites for hydroxylation is 1. The Morgan fingerprint density at radius 3 is 2.83 bits per heavy atom. The maximum Gasteiger partial charge on any atom is 0.303 e. The van der Waals surface area contributed by atoms with Crippen molar-refractivity contribution in [2.75, 3.05) is 0 Å². The first-order chi connectivity index (χ1) is 11.2. The first kappa shape index (κ1) is 13.4. The molecular weight excluding hydrogens is 296 g/mol. The quantitative estimate of drug-likeness (QED) is 0.622. The van der Waals surface area contributed by atoms with Crippen LogP contribution in [0.1, 0.15) is 12.2 Å². The van der Waals surface area contributed by atoms with Gasteiger partial charge in [-0.25, -0.2) is 9.97 Å². The third kappa shape index (κ3) is 2.32. The summed E-state index contributed by atoms with van der Waals surface area (Å²) in [5, 5.41) is 14.2. The molecule has 0 aliphatic heterocycles. The lowest BCUT2D eigenvalue weighted by Crippen LogP contribution is -2.07. The first-order valence-corrected chi connectivity index (χ1v) is 7.12. The molecule has 0 atom stereocenters. The molecule has 4 rings (SSSR count). The smallest absolute Gasteiger partial charge is 0.303 e. The van der Waals surface area contributed by atoms with Gasteiger partial charge < -0.3 is 9.52 Å². The number of carboxylic acid groups (broad SMARTS) is 1. The Kier molecular flexibility index (Phi) is 3.04. The number of fused-ring (bicyclic) bond motifs is 3. The summed E-state index contributed by atoms with van der Waals surface area (Å²) in [6, 6.07) is 11.1. The summed E-state index contributed by atoms with van der Waals surface area (Å²) in [6.45, 7) is 0. The lowest BCUT2D eigenvalue weighted by atomic mass is 10.2. The van der Waals surface area contributed by atoms with E-state index in [4.69, 9.17) is 9.52 Å². The van der Waals surface area contributed by atoms with Crippen LogP contribution in [0.25, 0.3) is 28.1 Å². The van der Waals surface area contributed by atoms with Gasteiger partial charge >= 0.3 is 5.97 Å². The van der Waals surface area contributed by atoms with Crippen molar-refractivity contribution in [3.05, 3.63) is 48.5 Å². The largest absolute Gasteiger partial charge is 0.481 e. The number of carboxylic acids is 1. The molecule has 1 N–H and O–H groups in total. The molecule has 0 saturated heterocycles. The zero-order chi connectivity index (χ0) is 15.8. The van der Waals surface area contributed by atoms with Gasteiger partial charge in [0.2, 0.25) is 5.82 Å². The molecule has 3 aromatic heterocycles. The first-order valence-electron chi connectivity index (χ1n) is 7.12. The Labute approximate surface area is 130 Å². The van der Waals surface area contributed by atoms with Gasteiger partial charge in [0.25, 0.3) is 0 Å². The van der Waals surface area contributed by atoms with E-state index in [1.807, 2.05) is 24.3 Å².